The molecule has 0 unspecified atom stereocenters. The van der Waals surface area contributed by atoms with Crippen LogP contribution in [0.4, 0.5) is 5.95 Å². The molecule has 1 aliphatic heterocycles. The third-order valence-corrected chi connectivity index (χ3v) is 3.84. The minimum absolute atomic E-state index is 0.115. The van der Waals surface area contributed by atoms with Crippen LogP contribution in [-0.2, 0) is 13.1 Å². The predicted octanol–water partition coefficient (Wildman–Crippen LogP) is 1.60. The molecule has 0 aliphatic carbocycles. The second-order valence-corrected chi connectivity index (χ2v) is 5.39. The molecule has 3 aromatic rings. The highest BCUT2D eigenvalue weighted by molar-refractivity contribution is 5.93. The van der Waals surface area contributed by atoms with Gasteiger partial charge in [0.2, 0.25) is 5.95 Å². The molecular weight excluding hydrogens is 292 g/mol. The summed E-state index contributed by atoms with van der Waals surface area (Å²) < 4.78 is 0. The first-order valence-corrected chi connectivity index (χ1v) is 7.21. The minimum atomic E-state index is -0.115. The van der Waals surface area contributed by atoms with Crippen LogP contribution in [0.25, 0.3) is 11.3 Å². The molecule has 7 heteroatoms. The summed E-state index contributed by atoms with van der Waals surface area (Å²) in [5.74, 6) is 0.113. The first-order valence-electron chi connectivity index (χ1n) is 7.21. The maximum Gasteiger partial charge on any atom is 0.272 e. The van der Waals surface area contributed by atoms with Gasteiger partial charge in [-0.15, -0.1) is 0 Å². The quantitative estimate of drug-likeness (QED) is 0.749. The summed E-state index contributed by atoms with van der Waals surface area (Å²) in [5, 5.41) is 7.04. The number of hydrogen-bond acceptors (Lipinski definition) is 5. The normalized spacial score (nSPS) is 13.1. The molecular formula is C16H14N6O. The first-order chi connectivity index (χ1) is 11.2. The number of rotatable bonds is 2. The molecule has 0 fully saturated rings. The topological polar surface area (TPSA) is 101 Å². The summed E-state index contributed by atoms with van der Waals surface area (Å²) in [7, 11) is 0. The number of aromatic amines is 1. The van der Waals surface area contributed by atoms with Gasteiger partial charge in [0.05, 0.1) is 17.9 Å². The number of nitrogens with two attached hydrogens (primary N) is 1. The van der Waals surface area contributed by atoms with E-state index in [0.717, 1.165) is 22.5 Å². The Morgan fingerprint density at radius 3 is 2.87 bits per heavy atom. The van der Waals surface area contributed by atoms with Gasteiger partial charge in [0.25, 0.3) is 5.91 Å². The van der Waals surface area contributed by atoms with Crippen molar-refractivity contribution in [1.29, 1.82) is 0 Å². The van der Waals surface area contributed by atoms with Crippen molar-refractivity contribution in [3.8, 4) is 11.3 Å². The number of nitrogen functional groups attached to an aromatic ring is 1. The molecule has 0 radical (unpaired) electrons. The molecule has 1 aliphatic rings. The predicted molar refractivity (Wildman–Crippen MR) is 84.0 cm³/mol. The number of nitrogens with zero attached hydrogens (tertiary/aromatic N) is 4. The molecule has 23 heavy (non-hydrogen) atoms. The van der Waals surface area contributed by atoms with Gasteiger partial charge in [-0.25, -0.2) is 9.97 Å². The SMILES string of the molecule is Nc1ncc2c(n1)CN(C(=O)c1cc(-c3ccccc3)n[nH]1)C2. The van der Waals surface area contributed by atoms with E-state index in [9.17, 15) is 4.79 Å². The summed E-state index contributed by atoms with van der Waals surface area (Å²) in [4.78, 5) is 22.5. The molecule has 7 nitrogen and oxygen atoms in total. The summed E-state index contributed by atoms with van der Waals surface area (Å²) >= 11 is 0. The van der Waals surface area contributed by atoms with Crippen molar-refractivity contribution in [2.75, 3.05) is 5.73 Å². The zero-order valence-corrected chi connectivity index (χ0v) is 12.2. The molecule has 0 saturated heterocycles. The molecule has 0 saturated carbocycles. The fraction of sp³-hybridized carbons (Fsp3) is 0.125. The molecule has 0 bridgehead atoms. The van der Waals surface area contributed by atoms with E-state index in [1.165, 1.54) is 0 Å². The lowest BCUT2D eigenvalue weighted by Gasteiger charge is -2.13. The smallest absolute Gasteiger partial charge is 0.272 e. The van der Waals surface area contributed by atoms with Crippen LogP contribution in [0.5, 0.6) is 0 Å². The Bertz CT molecular complexity index is 873. The standard InChI is InChI=1S/C16H14N6O/c17-16-18-7-11-8-22(9-14(11)19-16)15(23)13-6-12(20-21-13)10-4-2-1-3-5-10/h1-7H,8-9H2,(H,20,21)(H2,17,18,19). The summed E-state index contributed by atoms with van der Waals surface area (Å²) in [6.45, 7) is 0.911. The third kappa shape index (κ3) is 2.42. The van der Waals surface area contributed by atoms with Crippen LogP contribution in [0, 0.1) is 0 Å². The highest BCUT2D eigenvalue weighted by Crippen LogP contribution is 2.23. The van der Waals surface area contributed by atoms with E-state index >= 15 is 0 Å². The van der Waals surface area contributed by atoms with Crippen LogP contribution in [0.3, 0.4) is 0 Å². The molecule has 1 aromatic carbocycles. The molecule has 0 spiro atoms. The lowest BCUT2D eigenvalue weighted by molar-refractivity contribution is 0.0744. The van der Waals surface area contributed by atoms with Crippen LogP contribution in [0.15, 0.2) is 42.6 Å². The van der Waals surface area contributed by atoms with Gasteiger partial charge in [-0.1, -0.05) is 30.3 Å². The second-order valence-electron chi connectivity index (χ2n) is 5.39. The van der Waals surface area contributed by atoms with Gasteiger partial charge < -0.3 is 10.6 Å². The number of carbonyl (C=O) groups is 1. The van der Waals surface area contributed by atoms with Gasteiger partial charge in [-0.2, -0.15) is 5.10 Å². The van der Waals surface area contributed by atoms with E-state index in [1.54, 1.807) is 17.2 Å². The van der Waals surface area contributed by atoms with E-state index in [1.807, 2.05) is 30.3 Å². The van der Waals surface area contributed by atoms with Gasteiger partial charge >= 0.3 is 0 Å². The van der Waals surface area contributed by atoms with Crippen molar-refractivity contribution < 1.29 is 4.79 Å². The van der Waals surface area contributed by atoms with Crippen molar-refractivity contribution in [2.45, 2.75) is 13.1 Å². The maximum absolute atomic E-state index is 12.6. The van der Waals surface area contributed by atoms with Crippen molar-refractivity contribution in [3.63, 3.8) is 0 Å². The Morgan fingerprint density at radius 2 is 2.04 bits per heavy atom. The number of nitrogens with one attached hydrogen (secondary N) is 1. The van der Waals surface area contributed by atoms with E-state index < -0.39 is 0 Å². The highest BCUT2D eigenvalue weighted by Gasteiger charge is 2.27. The average molecular weight is 306 g/mol. The fourth-order valence-electron chi connectivity index (χ4n) is 2.67. The third-order valence-electron chi connectivity index (χ3n) is 3.84. The van der Waals surface area contributed by atoms with E-state index in [4.69, 9.17) is 5.73 Å². The van der Waals surface area contributed by atoms with Crippen LogP contribution in [-0.4, -0.2) is 31.0 Å². The maximum atomic E-state index is 12.6. The Balaban J connectivity index is 1.56. The molecule has 3 heterocycles. The van der Waals surface area contributed by atoms with Crippen molar-refractivity contribution in [3.05, 3.63) is 59.5 Å². The summed E-state index contributed by atoms with van der Waals surface area (Å²) in [6.07, 6.45) is 1.67. The number of anilines is 1. The Morgan fingerprint density at radius 1 is 1.22 bits per heavy atom. The van der Waals surface area contributed by atoms with Gasteiger partial charge in [-0.05, 0) is 6.07 Å². The Hall–Kier alpha value is -3.22. The average Bonchev–Trinajstić information content (AvgIpc) is 3.21. The van der Waals surface area contributed by atoms with Crippen molar-refractivity contribution in [1.82, 2.24) is 25.1 Å². The monoisotopic (exact) mass is 306 g/mol. The van der Waals surface area contributed by atoms with Gasteiger partial charge in [0, 0.05) is 23.9 Å². The number of aromatic nitrogens is 4. The number of hydrogen-bond donors (Lipinski definition) is 2. The number of benzene rings is 1. The molecule has 0 atom stereocenters. The molecule has 4 rings (SSSR count). The van der Waals surface area contributed by atoms with Crippen LogP contribution < -0.4 is 5.73 Å². The number of carbonyl (C=O) groups excluding carboxylic acids is 1. The first kappa shape index (κ1) is 13.4. The van der Waals surface area contributed by atoms with Crippen molar-refractivity contribution in [2.24, 2.45) is 0 Å². The fourth-order valence-corrected chi connectivity index (χ4v) is 2.67. The van der Waals surface area contributed by atoms with E-state index in [2.05, 4.69) is 20.2 Å². The van der Waals surface area contributed by atoms with Gasteiger partial charge in [0.1, 0.15) is 5.69 Å². The van der Waals surface area contributed by atoms with Crippen molar-refractivity contribution >= 4 is 11.9 Å². The van der Waals surface area contributed by atoms with Crippen LogP contribution in [0.2, 0.25) is 0 Å². The second kappa shape index (κ2) is 5.20. The van der Waals surface area contributed by atoms with Crippen LogP contribution in [0.1, 0.15) is 21.7 Å². The Labute approximate surface area is 132 Å². The lowest BCUT2D eigenvalue weighted by atomic mass is 10.1. The molecule has 114 valence electrons. The zero-order chi connectivity index (χ0) is 15.8. The van der Waals surface area contributed by atoms with Crippen LogP contribution >= 0.6 is 0 Å². The summed E-state index contributed by atoms with van der Waals surface area (Å²) in [5.41, 5.74) is 9.48. The lowest BCUT2D eigenvalue weighted by Crippen LogP contribution is -2.25. The highest BCUT2D eigenvalue weighted by atomic mass is 16.2. The summed E-state index contributed by atoms with van der Waals surface area (Å²) in [6, 6.07) is 11.5. The minimum Gasteiger partial charge on any atom is -0.368 e. The van der Waals surface area contributed by atoms with E-state index in [0.29, 0.717) is 18.8 Å². The molecule has 2 aromatic heterocycles. The largest absolute Gasteiger partial charge is 0.368 e. The van der Waals surface area contributed by atoms with E-state index in [-0.39, 0.29) is 11.9 Å². The Kier molecular flexibility index (Phi) is 3.04. The number of H-pyrrole nitrogens is 1. The van der Waals surface area contributed by atoms with Gasteiger partial charge in [-0.3, -0.25) is 9.89 Å². The van der Waals surface area contributed by atoms with Gasteiger partial charge in [0.15, 0.2) is 0 Å². The zero-order valence-electron chi connectivity index (χ0n) is 12.2. The number of fused-ring (bicyclic) bond motifs is 1. The number of amides is 1. The molecule has 1 amide bonds. The molecule has 3 N–H and O–H groups in total.